The average Bonchev–Trinajstić information content (AvgIpc) is 2.60. The van der Waals surface area contributed by atoms with E-state index in [0.717, 1.165) is 5.69 Å². The minimum absolute atomic E-state index is 0.370. The molecule has 2 aromatic rings. The molecule has 134 valence electrons. The first-order chi connectivity index (χ1) is 12.0. The molecule has 2 amide bonds. The number of amides is 2. The first-order valence-corrected chi connectivity index (χ1v) is 7.64. The van der Waals surface area contributed by atoms with Gasteiger partial charge in [0.25, 0.3) is 0 Å². The van der Waals surface area contributed by atoms with Crippen LogP contribution in [-0.4, -0.2) is 41.5 Å². The Bertz CT molecular complexity index is 722. The zero-order valence-electron chi connectivity index (χ0n) is 15.0. The second kappa shape index (κ2) is 8.14. The second-order valence-electron chi connectivity index (χ2n) is 5.44. The lowest BCUT2D eigenvalue weighted by molar-refractivity contribution is 0.262. The number of benzene rings is 2. The van der Waals surface area contributed by atoms with E-state index in [0.29, 0.717) is 28.6 Å². The molecule has 0 aliphatic rings. The van der Waals surface area contributed by atoms with Gasteiger partial charge in [0.15, 0.2) is 11.5 Å². The number of carbonyl (C=O) groups is 1. The first-order valence-electron chi connectivity index (χ1n) is 7.64. The van der Waals surface area contributed by atoms with E-state index in [-0.39, 0.29) is 6.03 Å². The van der Waals surface area contributed by atoms with E-state index in [2.05, 4.69) is 10.6 Å². The van der Waals surface area contributed by atoms with Crippen LogP contribution in [0.5, 0.6) is 17.2 Å². The van der Waals surface area contributed by atoms with Crippen molar-refractivity contribution in [1.29, 1.82) is 0 Å². The maximum absolute atomic E-state index is 12.3. The average molecular weight is 345 g/mol. The molecule has 2 N–H and O–H groups in total. The lowest BCUT2D eigenvalue weighted by Gasteiger charge is -2.16. The molecule has 2 rings (SSSR count). The Kier molecular flexibility index (Phi) is 5.94. The van der Waals surface area contributed by atoms with Crippen LogP contribution in [-0.2, 0) is 0 Å². The van der Waals surface area contributed by atoms with Crippen molar-refractivity contribution >= 4 is 23.1 Å². The largest absolute Gasteiger partial charge is 0.493 e. The van der Waals surface area contributed by atoms with Gasteiger partial charge in [-0.15, -0.1) is 0 Å². The summed E-state index contributed by atoms with van der Waals surface area (Å²) in [5, 5.41) is 5.56. The van der Waals surface area contributed by atoms with Gasteiger partial charge in [-0.25, -0.2) is 4.79 Å². The lowest BCUT2D eigenvalue weighted by atomic mass is 10.2. The van der Waals surface area contributed by atoms with Crippen molar-refractivity contribution in [3.8, 4) is 17.2 Å². The van der Waals surface area contributed by atoms with E-state index < -0.39 is 0 Å². The number of rotatable bonds is 6. The number of anilines is 3. The molecule has 0 unspecified atom stereocenters. The molecule has 25 heavy (non-hydrogen) atoms. The van der Waals surface area contributed by atoms with Crippen LogP contribution in [0.1, 0.15) is 0 Å². The van der Waals surface area contributed by atoms with Crippen LogP contribution in [0.4, 0.5) is 21.9 Å². The van der Waals surface area contributed by atoms with E-state index >= 15 is 0 Å². The van der Waals surface area contributed by atoms with Crippen molar-refractivity contribution < 1.29 is 19.0 Å². The van der Waals surface area contributed by atoms with Crippen LogP contribution < -0.4 is 29.7 Å². The Labute approximate surface area is 147 Å². The van der Waals surface area contributed by atoms with Crippen molar-refractivity contribution in [2.45, 2.75) is 0 Å². The van der Waals surface area contributed by atoms with E-state index in [9.17, 15) is 4.79 Å². The van der Waals surface area contributed by atoms with E-state index in [4.69, 9.17) is 14.2 Å². The lowest BCUT2D eigenvalue weighted by Crippen LogP contribution is -2.20. The van der Waals surface area contributed by atoms with Crippen LogP contribution >= 0.6 is 0 Å². The van der Waals surface area contributed by atoms with Gasteiger partial charge < -0.3 is 29.7 Å². The maximum atomic E-state index is 12.3. The molecule has 0 fully saturated rings. The number of hydrogen-bond donors (Lipinski definition) is 2. The normalized spacial score (nSPS) is 9.96. The molecule has 0 spiro atoms. The number of hydrogen-bond acceptors (Lipinski definition) is 5. The van der Waals surface area contributed by atoms with E-state index in [1.807, 2.05) is 43.3 Å². The van der Waals surface area contributed by atoms with Crippen LogP contribution in [0.25, 0.3) is 0 Å². The van der Waals surface area contributed by atoms with Crippen molar-refractivity contribution in [1.82, 2.24) is 0 Å². The monoisotopic (exact) mass is 345 g/mol. The van der Waals surface area contributed by atoms with E-state index in [1.54, 1.807) is 12.1 Å². The van der Waals surface area contributed by atoms with Gasteiger partial charge >= 0.3 is 6.03 Å². The third-order valence-corrected chi connectivity index (χ3v) is 3.54. The molecule has 0 saturated heterocycles. The van der Waals surface area contributed by atoms with Crippen molar-refractivity contribution in [2.75, 3.05) is 51.0 Å². The summed E-state index contributed by atoms with van der Waals surface area (Å²) in [6.45, 7) is 0. The number of ether oxygens (including phenoxy) is 3. The smallest absolute Gasteiger partial charge is 0.323 e. The molecule has 7 heteroatoms. The second-order valence-corrected chi connectivity index (χ2v) is 5.44. The van der Waals surface area contributed by atoms with Crippen molar-refractivity contribution in [2.24, 2.45) is 0 Å². The Morgan fingerprint density at radius 2 is 1.48 bits per heavy atom. The maximum Gasteiger partial charge on any atom is 0.323 e. The van der Waals surface area contributed by atoms with Crippen LogP contribution in [0.15, 0.2) is 36.4 Å². The van der Waals surface area contributed by atoms with Gasteiger partial charge in [0.1, 0.15) is 0 Å². The summed E-state index contributed by atoms with van der Waals surface area (Å²) >= 11 is 0. The van der Waals surface area contributed by atoms with Gasteiger partial charge in [-0.1, -0.05) is 6.07 Å². The predicted molar refractivity (Wildman–Crippen MR) is 99.5 cm³/mol. The molecular formula is C18H23N3O4. The summed E-state index contributed by atoms with van der Waals surface area (Å²) in [4.78, 5) is 14.2. The summed E-state index contributed by atoms with van der Waals surface area (Å²) in [6.07, 6.45) is 0. The summed E-state index contributed by atoms with van der Waals surface area (Å²) in [5.74, 6) is 1.40. The SMILES string of the molecule is COc1cc(NC(=O)Nc2cccc(N(C)C)c2)cc(OC)c1OC. The zero-order chi connectivity index (χ0) is 18.4. The Morgan fingerprint density at radius 3 is 2.00 bits per heavy atom. The summed E-state index contributed by atoms with van der Waals surface area (Å²) in [5.41, 5.74) is 2.21. The minimum atomic E-state index is -0.370. The van der Waals surface area contributed by atoms with Gasteiger partial charge in [0.2, 0.25) is 5.75 Å². The molecule has 0 bridgehead atoms. The van der Waals surface area contributed by atoms with Crippen molar-refractivity contribution in [3.05, 3.63) is 36.4 Å². The number of carbonyl (C=O) groups excluding carboxylic acids is 1. The topological polar surface area (TPSA) is 72.1 Å². The van der Waals surface area contributed by atoms with Gasteiger partial charge in [0, 0.05) is 37.6 Å². The predicted octanol–water partition coefficient (Wildman–Crippen LogP) is 3.42. The number of methoxy groups -OCH3 is 3. The Hall–Kier alpha value is -3.09. The highest BCUT2D eigenvalue weighted by Crippen LogP contribution is 2.39. The summed E-state index contributed by atoms with van der Waals surface area (Å²) in [6, 6.07) is 10.5. The molecule has 0 heterocycles. The van der Waals surface area contributed by atoms with Crippen LogP contribution in [0, 0.1) is 0 Å². The standard InChI is InChI=1S/C18H23N3O4/c1-21(2)14-8-6-7-12(9-14)19-18(22)20-13-10-15(23-3)17(25-5)16(11-13)24-4/h6-11H,1-5H3,(H2,19,20,22). The highest BCUT2D eigenvalue weighted by Gasteiger charge is 2.14. The highest BCUT2D eigenvalue weighted by molar-refractivity contribution is 6.00. The van der Waals surface area contributed by atoms with Gasteiger partial charge in [-0.05, 0) is 18.2 Å². The molecule has 0 aromatic heterocycles. The quantitative estimate of drug-likeness (QED) is 0.839. The molecule has 2 aromatic carbocycles. The number of urea groups is 1. The van der Waals surface area contributed by atoms with Gasteiger partial charge in [-0.2, -0.15) is 0 Å². The number of nitrogens with one attached hydrogen (secondary N) is 2. The van der Waals surface area contributed by atoms with Gasteiger partial charge in [0.05, 0.1) is 27.0 Å². The first kappa shape index (κ1) is 18.3. The number of nitrogens with zero attached hydrogens (tertiary/aromatic N) is 1. The Morgan fingerprint density at radius 1 is 0.880 bits per heavy atom. The third kappa shape index (κ3) is 4.47. The molecule has 0 atom stereocenters. The van der Waals surface area contributed by atoms with Gasteiger partial charge in [-0.3, -0.25) is 0 Å². The Balaban J connectivity index is 2.16. The minimum Gasteiger partial charge on any atom is -0.493 e. The van der Waals surface area contributed by atoms with E-state index in [1.165, 1.54) is 21.3 Å². The molecule has 0 aliphatic heterocycles. The van der Waals surface area contributed by atoms with Crippen molar-refractivity contribution in [3.63, 3.8) is 0 Å². The fraction of sp³-hybridized carbons (Fsp3) is 0.278. The fourth-order valence-corrected chi connectivity index (χ4v) is 2.31. The van der Waals surface area contributed by atoms with Crippen LogP contribution in [0.3, 0.4) is 0 Å². The molecule has 7 nitrogen and oxygen atoms in total. The summed E-state index contributed by atoms with van der Waals surface area (Å²) in [7, 11) is 8.45. The third-order valence-electron chi connectivity index (χ3n) is 3.54. The molecular weight excluding hydrogens is 322 g/mol. The van der Waals surface area contributed by atoms with Crippen LogP contribution in [0.2, 0.25) is 0 Å². The zero-order valence-corrected chi connectivity index (χ0v) is 15.0. The highest BCUT2D eigenvalue weighted by atomic mass is 16.5. The summed E-state index contributed by atoms with van der Waals surface area (Å²) < 4.78 is 15.8. The fourth-order valence-electron chi connectivity index (χ4n) is 2.31. The molecule has 0 aliphatic carbocycles. The molecule has 0 saturated carbocycles. The molecule has 0 radical (unpaired) electrons.